The molecule has 2 aromatic rings. The van der Waals surface area contributed by atoms with Crippen LogP contribution in [0.3, 0.4) is 0 Å². The lowest BCUT2D eigenvalue weighted by atomic mass is 10.2. The molecule has 3 heterocycles. The summed E-state index contributed by atoms with van der Waals surface area (Å²) in [6.45, 7) is 8.91. The van der Waals surface area contributed by atoms with Gasteiger partial charge in [0.1, 0.15) is 0 Å². The zero-order valence-electron chi connectivity index (χ0n) is 12.3. The lowest BCUT2D eigenvalue weighted by molar-refractivity contribution is 0.251. The Morgan fingerprint density at radius 2 is 2.00 bits per heavy atom. The maximum Gasteiger partial charge on any atom is 0.214 e. The van der Waals surface area contributed by atoms with E-state index in [2.05, 4.69) is 33.6 Å². The topological polar surface area (TPSA) is 32.3 Å². The van der Waals surface area contributed by atoms with Crippen molar-refractivity contribution in [2.75, 3.05) is 31.1 Å². The fourth-order valence-electron chi connectivity index (χ4n) is 2.68. The van der Waals surface area contributed by atoms with Crippen molar-refractivity contribution in [3.8, 4) is 0 Å². The highest BCUT2D eigenvalue weighted by atomic mass is 32.1. The van der Waals surface area contributed by atoms with Crippen molar-refractivity contribution in [3.63, 3.8) is 0 Å². The van der Waals surface area contributed by atoms with E-state index in [-0.39, 0.29) is 0 Å². The Balaban J connectivity index is 1.59. The summed E-state index contributed by atoms with van der Waals surface area (Å²) in [5.74, 6) is -0.411. The molecule has 2 aromatic heterocycles. The van der Waals surface area contributed by atoms with Crippen LogP contribution in [-0.4, -0.2) is 41.0 Å². The Labute approximate surface area is 128 Å². The van der Waals surface area contributed by atoms with Gasteiger partial charge in [-0.1, -0.05) is 0 Å². The Bertz CT molecular complexity index is 620. The molecule has 0 radical (unpaired) electrons. The molecular formula is C15H19FN4S. The molecule has 0 amide bonds. The van der Waals surface area contributed by atoms with E-state index >= 15 is 0 Å². The van der Waals surface area contributed by atoms with Gasteiger partial charge in [-0.15, -0.1) is 11.3 Å². The average molecular weight is 306 g/mol. The number of thiazole rings is 1. The van der Waals surface area contributed by atoms with Crippen LogP contribution >= 0.6 is 11.3 Å². The summed E-state index contributed by atoms with van der Waals surface area (Å²) < 4.78 is 13.2. The monoisotopic (exact) mass is 306 g/mol. The predicted molar refractivity (Wildman–Crippen MR) is 83.3 cm³/mol. The quantitative estimate of drug-likeness (QED) is 0.816. The standard InChI is InChI=1S/C15H19FN4S/c1-11-14(21-12(2)18-11)10-19-5-7-20(8-6-19)13-3-4-17-15(16)9-13/h3-4,9H,5-8,10H2,1-2H3. The van der Waals surface area contributed by atoms with Gasteiger partial charge in [0.25, 0.3) is 0 Å². The first-order valence-corrected chi connectivity index (χ1v) is 7.95. The number of aromatic nitrogens is 2. The zero-order valence-corrected chi connectivity index (χ0v) is 13.2. The van der Waals surface area contributed by atoms with Crippen LogP contribution in [0.4, 0.5) is 10.1 Å². The lowest BCUT2D eigenvalue weighted by Crippen LogP contribution is -2.46. The largest absolute Gasteiger partial charge is 0.369 e. The van der Waals surface area contributed by atoms with E-state index in [1.165, 1.54) is 17.1 Å². The number of hydrogen-bond acceptors (Lipinski definition) is 5. The molecule has 6 heteroatoms. The number of nitrogens with zero attached hydrogens (tertiary/aromatic N) is 4. The second kappa shape index (κ2) is 6.07. The third-order valence-corrected chi connectivity index (χ3v) is 4.87. The van der Waals surface area contributed by atoms with E-state index in [1.54, 1.807) is 11.3 Å². The first kappa shape index (κ1) is 14.4. The Morgan fingerprint density at radius 3 is 2.62 bits per heavy atom. The third kappa shape index (κ3) is 3.39. The van der Waals surface area contributed by atoms with Crippen molar-refractivity contribution in [2.24, 2.45) is 0 Å². The van der Waals surface area contributed by atoms with E-state index in [4.69, 9.17) is 0 Å². The molecule has 0 aliphatic carbocycles. The molecule has 0 unspecified atom stereocenters. The number of pyridine rings is 1. The SMILES string of the molecule is Cc1nc(C)c(CN2CCN(c3ccnc(F)c3)CC2)s1. The highest BCUT2D eigenvalue weighted by Crippen LogP contribution is 2.21. The van der Waals surface area contributed by atoms with Crippen molar-refractivity contribution in [2.45, 2.75) is 20.4 Å². The number of rotatable bonds is 3. The molecule has 1 fully saturated rings. The maximum atomic E-state index is 13.2. The Kier molecular flexibility index (Phi) is 4.17. The van der Waals surface area contributed by atoms with Crippen LogP contribution in [0.15, 0.2) is 18.3 Å². The van der Waals surface area contributed by atoms with Gasteiger partial charge < -0.3 is 4.90 Å². The van der Waals surface area contributed by atoms with Crippen molar-refractivity contribution >= 4 is 17.0 Å². The molecule has 0 atom stereocenters. The highest BCUT2D eigenvalue weighted by Gasteiger charge is 2.19. The van der Waals surface area contributed by atoms with Gasteiger partial charge in [0.05, 0.1) is 10.7 Å². The minimum absolute atomic E-state index is 0.411. The molecule has 21 heavy (non-hydrogen) atoms. The first-order chi connectivity index (χ1) is 10.1. The molecule has 0 bridgehead atoms. The van der Waals surface area contributed by atoms with Gasteiger partial charge >= 0.3 is 0 Å². The van der Waals surface area contributed by atoms with E-state index in [9.17, 15) is 4.39 Å². The number of hydrogen-bond donors (Lipinski definition) is 0. The normalized spacial score (nSPS) is 16.4. The minimum atomic E-state index is -0.411. The molecule has 3 rings (SSSR count). The number of piperazine rings is 1. The van der Waals surface area contributed by atoms with E-state index < -0.39 is 5.95 Å². The van der Waals surface area contributed by atoms with Gasteiger partial charge in [-0.2, -0.15) is 4.39 Å². The highest BCUT2D eigenvalue weighted by molar-refractivity contribution is 7.11. The molecule has 1 saturated heterocycles. The van der Waals surface area contributed by atoms with Gasteiger partial charge in [0.2, 0.25) is 5.95 Å². The Morgan fingerprint density at radius 1 is 1.24 bits per heavy atom. The van der Waals surface area contributed by atoms with Crippen LogP contribution in [0.5, 0.6) is 0 Å². The lowest BCUT2D eigenvalue weighted by Gasteiger charge is -2.35. The molecule has 4 nitrogen and oxygen atoms in total. The van der Waals surface area contributed by atoms with Crippen LogP contribution in [0, 0.1) is 19.8 Å². The smallest absolute Gasteiger partial charge is 0.214 e. The molecule has 1 aliphatic rings. The van der Waals surface area contributed by atoms with Gasteiger partial charge in [-0.3, -0.25) is 4.90 Å². The van der Waals surface area contributed by atoms with E-state index in [1.807, 2.05) is 6.07 Å². The summed E-state index contributed by atoms with van der Waals surface area (Å²) in [6, 6.07) is 3.38. The molecule has 0 aromatic carbocycles. The number of halogens is 1. The summed E-state index contributed by atoms with van der Waals surface area (Å²) in [6.07, 6.45) is 1.53. The van der Waals surface area contributed by atoms with Crippen molar-refractivity contribution in [3.05, 3.63) is 39.9 Å². The first-order valence-electron chi connectivity index (χ1n) is 7.13. The second-order valence-electron chi connectivity index (χ2n) is 5.34. The summed E-state index contributed by atoms with van der Waals surface area (Å²) in [4.78, 5) is 14.1. The summed E-state index contributed by atoms with van der Waals surface area (Å²) >= 11 is 1.78. The van der Waals surface area contributed by atoms with Gasteiger partial charge in [0, 0.05) is 55.6 Å². The predicted octanol–water partition coefficient (Wildman–Crippen LogP) is 2.62. The number of anilines is 1. The summed E-state index contributed by atoms with van der Waals surface area (Å²) in [5.41, 5.74) is 2.07. The average Bonchev–Trinajstić information content (AvgIpc) is 2.78. The van der Waals surface area contributed by atoms with Crippen LogP contribution in [0.1, 0.15) is 15.6 Å². The maximum absolute atomic E-state index is 13.2. The molecular weight excluding hydrogens is 287 g/mol. The van der Waals surface area contributed by atoms with Crippen LogP contribution in [0.2, 0.25) is 0 Å². The summed E-state index contributed by atoms with van der Waals surface area (Å²) in [5, 5.41) is 1.13. The van der Waals surface area contributed by atoms with Crippen LogP contribution < -0.4 is 4.90 Å². The third-order valence-electron chi connectivity index (χ3n) is 3.81. The molecule has 0 saturated carbocycles. The van der Waals surface area contributed by atoms with E-state index in [0.29, 0.717) is 0 Å². The summed E-state index contributed by atoms with van der Waals surface area (Å²) in [7, 11) is 0. The van der Waals surface area contributed by atoms with Gasteiger partial charge in [-0.05, 0) is 19.9 Å². The zero-order chi connectivity index (χ0) is 14.8. The van der Waals surface area contributed by atoms with Crippen LogP contribution in [-0.2, 0) is 6.54 Å². The fraction of sp³-hybridized carbons (Fsp3) is 0.467. The van der Waals surface area contributed by atoms with Gasteiger partial charge in [-0.25, -0.2) is 9.97 Å². The van der Waals surface area contributed by atoms with Crippen LogP contribution in [0.25, 0.3) is 0 Å². The Hall–Kier alpha value is -1.53. The fourth-order valence-corrected chi connectivity index (χ4v) is 3.66. The molecule has 0 N–H and O–H groups in total. The molecule has 0 spiro atoms. The number of aryl methyl sites for hydroxylation is 2. The van der Waals surface area contributed by atoms with Crippen molar-refractivity contribution in [1.29, 1.82) is 0 Å². The minimum Gasteiger partial charge on any atom is -0.369 e. The molecule has 1 aliphatic heterocycles. The van der Waals surface area contributed by atoms with E-state index in [0.717, 1.165) is 49.1 Å². The van der Waals surface area contributed by atoms with Crippen molar-refractivity contribution in [1.82, 2.24) is 14.9 Å². The van der Waals surface area contributed by atoms with Crippen molar-refractivity contribution < 1.29 is 4.39 Å². The molecule has 112 valence electrons. The second-order valence-corrected chi connectivity index (χ2v) is 6.63. The van der Waals surface area contributed by atoms with Gasteiger partial charge in [0.15, 0.2) is 0 Å².